The van der Waals surface area contributed by atoms with Gasteiger partial charge in [-0.25, -0.2) is 13.1 Å². The second-order valence-corrected chi connectivity index (χ2v) is 9.52. The standard InChI is InChI=1S/C22H17ClN4O3S/c1-14-11-20(27(25-14)17-8-4-7-16(23)12-17)24-21(28)13-26-18-9-2-5-15-6-3-10-19(22(15)18)31(26,29)30/h2-12H,13H2,1H3,(H,24,28). The molecule has 3 aromatic carbocycles. The van der Waals surface area contributed by atoms with Gasteiger partial charge in [0.25, 0.3) is 10.0 Å². The zero-order chi connectivity index (χ0) is 21.8. The highest BCUT2D eigenvalue weighted by atomic mass is 35.5. The van der Waals surface area contributed by atoms with Gasteiger partial charge in [-0.05, 0) is 42.6 Å². The molecule has 0 saturated heterocycles. The fraction of sp³-hybridized carbons (Fsp3) is 0.0909. The van der Waals surface area contributed by atoms with E-state index >= 15 is 0 Å². The van der Waals surface area contributed by atoms with Gasteiger partial charge in [0.1, 0.15) is 12.4 Å². The van der Waals surface area contributed by atoms with Gasteiger partial charge >= 0.3 is 0 Å². The number of hydrogen-bond acceptors (Lipinski definition) is 4. The molecule has 0 bridgehead atoms. The number of nitrogens with one attached hydrogen (secondary N) is 1. The number of anilines is 2. The van der Waals surface area contributed by atoms with Crippen LogP contribution in [0.15, 0.2) is 71.6 Å². The van der Waals surface area contributed by atoms with Gasteiger partial charge < -0.3 is 5.32 Å². The molecule has 1 amide bonds. The largest absolute Gasteiger partial charge is 0.309 e. The zero-order valence-corrected chi connectivity index (χ0v) is 18.0. The van der Waals surface area contributed by atoms with E-state index in [2.05, 4.69) is 10.4 Å². The molecule has 1 N–H and O–H groups in total. The molecule has 0 fully saturated rings. The third kappa shape index (κ3) is 3.24. The Labute approximate surface area is 183 Å². The Morgan fingerprint density at radius 3 is 2.58 bits per heavy atom. The lowest BCUT2D eigenvalue weighted by molar-refractivity contribution is -0.114. The van der Waals surface area contributed by atoms with Crippen LogP contribution in [0.2, 0.25) is 5.02 Å². The summed E-state index contributed by atoms with van der Waals surface area (Å²) in [6.07, 6.45) is 0. The highest BCUT2D eigenvalue weighted by molar-refractivity contribution is 7.93. The van der Waals surface area contributed by atoms with Gasteiger partial charge in [0.15, 0.2) is 0 Å². The van der Waals surface area contributed by atoms with Crippen LogP contribution in [0, 0.1) is 6.92 Å². The summed E-state index contributed by atoms with van der Waals surface area (Å²) in [6.45, 7) is 1.45. The van der Waals surface area contributed by atoms with E-state index in [1.165, 1.54) is 0 Å². The van der Waals surface area contributed by atoms with Crippen LogP contribution < -0.4 is 9.62 Å². The number of amides is 1. The van der Waals surface area contributed by atoms with E-state index in [0.717, 1.165) is 9.69 Å². The summed E-state index contributed by atoms with van der Waals surface area (Å²) in [4.78, 5) is 13.1. The van der Waals surface area contributed by atoms with Crippen molar-refractivity contribution >= 4 is 49.8 Å². The van der Waals surface area contributed by atoms with Crippen molar-refractivity contribution in [3.63, 3.8) is 0 Å². The topological polar surface area (TPSA) is 84.3 Å². The minimum atomic E-state index is -3.82. The van der Waals surface area contributed by atoms with Gasteiger partial charge in [0.2, 0.25) is 5.91 Å². The first-order valence-electron chi connectivity index (χ1n) is 9.51. The fourth-order valence-corrected chi connectivity index (χ4v) is 5.69. The maximum Gasteiger partial charge on any atom is 0.265 e. The van der Waals surface area contributed by atoms with Crippen molar-refractivity contribution in [3.05, 3.63) is 77.4 Å². The Hall–Kier alpha value is -3.36. The number of halogens is 1. The van der Waals surface area contributed by atoms with Gasteiger partial charge in [-0.2, -0.15) is 5.10 Å². The molecule has 1 aliphatic rings. The molecule has 0 unspecified atom stereocenters. The van der Waals surface area contributed by atoms with E-state index in [4.69, 9.17) is 11.6 Å². The van der Waals surface area contributed by atoms with E-state index in [9.17, 15) is 13.2 Å². The predicted molar refractivity (Wildman–Crippen MR) is 120 cm³/mol. The molecule has 1 aliphatic heterocycles. The molecule has 0 atom stereocenters. The quantitative estimate of drug-likeness (QED) is 0.504. The van der Waals surface area contributed by atoms with Crippen LogP contribution in [-0.4, -0.2) is 30.7 Å². The Balaban J connectivity index is 1.46. The second kappa shape index (κ2) is 7.11. The second-order valence-electron chi connectivity index (χ2n) is 7.25. The first-order chi connectivity index (χ1) is 14.8. The molecule has 2 heterocycles. The van der Waals surface area contributed by atoms with Gasteiger partial charge in [-0.1, -0.05) is 41.9 Å². The Morgan fingerprint density at radius 2 is 1.81 bits per heavy atom. The molecule has 0 spiro atoms. The number of nitrogens with zero attached hydrogens (tertiary/aromatic N) is 3. The van der Waals surface area contributed by atoms with Crippen molar-refractivity contribution in [2.75, 3.05) is 16.2 Å². The summed E-state index contributed by atoms with van der Waals surface area (Å²) in [5, 5.41) is 9.19. The highest BCUT2D eigenvalue weighted by Gasteiger charge is 2.36. The number of carbonyl (C=O) groups is 1. The van der Waals surface area contributed by atoms with Crippen molar-refractivity contribution in [3.8, 4) is 5.69 Å². The highest BCUT2D eigenvalue weighted by Crippen LogP contribution is 2.41. The molecule has 4 aromatic rings. The lowest BCUT2D eigenvalue weighted by Gasteiger charge is -2.18. The van der Waals surface area contributed by atoms with Crippen molar-refractivity contribution in [1.82, 2.24) is 9.78 Å². The summed E-state index contributed by atoms with van der Waals surface area (Å²) < 4.78 is 28.9. The molecular weight excluding hydrogens is 436 g/mol. The summed E-state index contributed by atoms with van der Waals surface area (Å²) in [6, 6.07) is 19.3. The van der Waals surface area contributed by atoms with E-state index in [0.29, 0.717) is 33.3 Å². The summed E-state index contributed by atoms with van der Waals surface area (Å²) in [5.74, 6) is -0.0475. The first-order valence-corrected chi connectivity index (χ1v) is 11.3. The zero-order valence-electron chi connectivity index (χ0n) is 16.4. The molecule has 9 heteroatoms. The van der Waals surface area contributed by atoms with Gasteiger partial charge in [-0.15, -0.1) is 0 Å². The SMILES string of the molecule is Cc1cc(NC(=O)CN2c3cccc4cccc(c34)S2(=O)=O)n(-c2cccc(Cl)c2)n1. The summed E-state index contributed by atoms with van der Waals surface area (Å²) in [5.41, 5.74) is 1.88. The molecular formula is C22H17ClN4O3S. The molecule has 0 radical (unpaired) electrons. The van der Waals surface area contributed by atoms with Crippen molar-refractivity contribution in [1.29, 1.82) is 0 Å². The minimum absolute atomic E-state index is 0.216. The Kier molecular flexibility index (Phi) is 4.49. The number of aromatic nitrogens is 2. The molecule has 7 nitrogen and oxygen atoms in total. The maximum atomic E-state index is 13.1. The molecule has 0 aliphatic carbocycles. The van der Waals surface area contributed by atoms with E-state index < -0.39 is 15.9 Å². The third-order valence-electron chi connectivity index (χ3n) is 5.12. The normalized spacial score (nSPS) is 14.2. The number of carbonyl (C=O) groups excluding carboxylic acids is 1. The maximum absolute atomic E-state index is 13.1. The van der Waals surface area contributed by atoms with Crippen molar-refractivity contribution in [2.45, 2.75) is 11.8 Å². The van der Waals surface area contributed by atoms with E-state index in [1.54, 1.807) is 60.1 Å². The average Bonchev–Trinajstić information content (AvgIpc) is 3.20. The molecule has 5 rings (SSSR count). The number of sulfonamides is 1. The average molecular weight is 453 g/mol. The number of benzene rings is 3. The molecule has 156 valence electrons. The number of aryl methyl sites for hydroxylation is 1. The van der Waals surface area contributed by atoms with Crippen LogP contribution >= 0.6 is 11.6 Å². The molecule has 1 aromatic heterocycles. The van der Waals surface area contributed by atoms with Gasteiger partial charge in [0, 0.05) is 16.5 Å². The lowest BCUT2D eigenvalue weighted by atomic mass is 10.1. The van der Waals surface area contributed by atoms with Crippen LogP contribution in [0.1, 0.15) is 5.69 Å². The predicted octanol–water partition coefficient (Wildman–Crippen LogP) is 4.13. The van der Waals surface area contributed by atoms with E-state index in [1.807, 2.05) is 18.2 Å². The molecule has 31 heavy (non-hydrogen) atoms. The minimum Gasteiger partial charge on any atom is -0.309 e. The Morgan fingerprint density at radius 1 is 1.06 bits per heavy atom. The van der Waals surface area contributed by atoms with Crippen LogP contribution in [0.5, 0.6) is 0 Å². The fourth-order valence-electron chi connectivity index (χ4n) is 3.83. The van der Waals surface area contributed by atoms with Gasteiger partial charge in [-0.3, -0.25) is 9.10 Å². The van der Waals surface area contributed by atoms with Crippen LogP contribution in [0.4, 0.5) is 11.5 Å². The molecule has 0 saturated carbocycles. The van der Waals surface area contributed by atoms with Gasteiger partial charge in [0.05, 0.1) is 22.0 Å². The summed E-state index contributed by atoms with van der Waals surface area (Å²) >= 11 is 6.09. The van der Waals surface area contributed by atoms with E-state index in [-0.39, 0.29) is 11.4 Å². The third-order valence-corrected chi connectivity index (χ3v) is 7.16. The summed E-state index contributed by atoms with van der Waals surface area (Å²) in [7, 11) is -3.82. The van der Waals surface area contributed by atoms with Crippen LogP contribution in [0.3, 0.4) is 0 Å². The van der Waals surface area contributed by atoms with Crippen LogP contribution in [0.25, 0.3) is 16.5 Å². The monoisotopic (exact) mass is 452 g/mol. The number of rotatable bonds is 4. The first kappa shape index (κ1) is 19.6. The van der Waals surface area contributed by atoms with Crippen molar-refractivity contribution < 1.29 is 13.2 Å². The Bertz CT molecular complexity index is 1460. The van der Waals surface area contributed by atoms with Crippen molar-refractivity contribution in [2.24, 2.45) is 0 Å². The van der Waals surface area contributed by atoms with Crippen LogP contribution in [-0.2, 0) is 14.8 Å². The lowest BCUT2D eigenvalue weighted by Crippen LogP contribution is -2.35. The smallest absolute Gasteiger partial charge is 0.265 e. The number of hydrogen-bond donors (Lipinski definition) is 1.